The van der Waals surface area contributed by atoms with Crippen molar-refractivity contribution in [3.63, 3.8) is 0 Å². The predicted octanol–water partition coefficient (Wildman–Crippen LogP) is 2.88. The van der Waals surface area contributed by atoms with Crippen molar-refractivity contribution < 1.29 is 14.3 Å². The molecule has 1 amide bonds. The van der Waals surface area contributed by atoms with Crippen molar-refractivity contribution >= 4 is 5.91 Å². The highest BCUT2D eigenvalue weighted by Gasteiger charge is 2.25. The molecule has 0 saturated heterocycles. The second-order valence-corrected chi connectivity index (χ2v) is 5.84. The van der Waals surface area contributed by atoms with Crippen molar-refractivity contribution in [2.24, 2.45) is 0 Å². The molecule has 2 rings (SSSR count). The molecule has 1 heterocycles. The zero-order chi connectivity index (χ0) is 16.0. The third kappa shape index (κ3) is 4.46. The molecule has 0 aliphatic carbocycles. The number of furan rings is 1. The summed E-state index contributed by atoms with van der Waals surface area (Å²) >= 11 is 0. The molecule has 2 unspecified atom stereocenters. The summed E-state index contributed by atoms with van der Waals surface area (Å²) < 4.78 is 5.24. The van der Waals surface area contributed by atoms with E-state index in [0.29, 0.717) is 12.2 Å². The number of nitrogens with one attached hydrogen (secondary N) is 1. The van der Waals surface area contributed by atoms with E-state index < -0.39 is 5.60 Å². The Morgan fingerprint density at radius 1 is 1.27 bits per heavy atom. The maximum Gasteiger partial charge on any atom is 0.227 e. The Morgan fingerprint density at radius 3 is 2.59 bits per heavy atom. The van der Waals surface area contributed by atoms with E-state index in [0.717, 1.165) is 12.0 Å². The summed E-state index contributed by atoms with van der Waals surface area (Å²) in [5.74, 6) is 0.448. The lowest BCUT2D eigenvalue weighted by atomic mass is 9.94. The van der Waals surface area contributed by atoms with Gasteiger partial charge >= 0.3 is 0 Å². The molecule has 1 aromatic carbocycles. The number of benzene rings is 1. The highest BCUT2D eigenvalue weighted by Crippen LogP contribution is 2.20. The fourth-order valence-electron chi connectivity index (χ4n) is 2.51. The fourth-order valence-corrected chi connectivity index (χ4v) is 2.51. The van der Waals surface area contributed by atoms with Gasteiger partial charge in [0.25, 0.3) is 0 Å². The molecule has 0 fully saturated rings. The smallest absolute Gasteiger partial charge is 0.227 e. The molecule has 4 nitrogen and oxygen atoms in total. The highest BCUT2D eigenvalue weighted by atomic mass is 16.3. The number of carbonyl (C=O) groups is 1. The van der Waals surface area contributed by atoms with Crippen LogP contribution in [0.5, 0.6) is 0 Å². The van der Waals surface area contributed by atoms with E-state index in [9.17, 15) is 9.90 Å². The Hall–Kier alpha value is -2.07. The molecular formula is C18H23NO3. The lowest BCUT2D eigenvalue weighted by molar-refractivity contribution is -0.123. The van der Waals surface area contributed by atoms with E-state index in [1.54, 1.807) is 19.3 Å². The molecule has 0 aliphatic rings. The van der Waals surface area contributed by atoms with Crippen LogP contribution >= 0.6 is 0 Å². The van der Waals surface area contributed by atoms with E-state index in [1.807, 2.05) is 43.3 Å². The first-order valence-electron chi connectivity index (χ1n) is 7.59. The van der Waals surface area contributed by atoms with Crippen LogP contribution in [0.15, 0.2) is 53.1 Å². The summed E-state index contributed by atoms with van der Waals surface area (Å²) in [5.41, 5.74) is -0.0455. The Labute approximate surface area is 131 Å². The van der Waals surface area contributed by atoms with Crippen LogP contribution in [0.1, 0.15) is 37.5 Å². The molecule has 0 bridgehead atoms. The normalized spacial score (nSPS) is 15.0. The maximum atomic E-state index is 12.4. The summed E-state index contributed by atoms with van der Waals surface area (Å²) in [4.78, 5) is 12.4. The molecule has 2 atom stereocenters. The van der Waals surface area contributed by atoms with Crippen LogP contribution in [0, 0.1) is 0 Å². The molecule has 2 aromatic rings. The topological polar surface area (TPSA) is 62.5 Å². The van der Waals surface area contributed by atoms with Gasteiger partial charge in [-0.2, -0.15) is 0 Å². The quantitative estimate of drug-likeness (QED) is 0.826. The summed E-state index contributed by atoms with van der Waals surface area (Å²) in [6.07, 6.45) is 2.66. The van der Waals surface area contributed by atoms with Gasteiger partial charge in [-0.05, 0) is 31.0 Å². The molecule has 0 saturated carbocycles. The van der Waals surface area contributed by atoms with Crippen LogP contribution < -0.4 is 5.32 Å². The molecule has 0 radical (unpaired) electrons. The second kappa shape index (κ2) is 7.27. The average Bonchev–Trinajstić information content (AvgIpc) is 2.99. The largest absolute Gasteiger partial charge is 0.469 e. The van der Waals surface area contributed by atoms with Crippen LogP contribution in [0.2, 0.25) is 0 Å². The molecular weight excluding hydrogens is 278 g/mol. The third-order valence-electron chi connectivity index (χ3n) is 3.71. The van der Waals surface area contributed by atoms with Crippen LogP contribution in [0.4, 0.5) is 0 Å². The number of rotatable bonds is 7. The standard InChI is InChI=1S/C18H23NO3/c1-3-16(14-8-5-4-6-9-14)17(20)19-13-18(2,21)12-15-10-7-11-22-15/h4-11,16,21H,3,12-13H2,1-2H3,(H,19,20). The summed E-state index contributed by atoms with van der Waals surface area (Å²) in [6.45, 7) is 3.87. The fraction of sp³-hybridized carbons (Fsp3) is 0.389. The van der Waals surface area contributed by atoms with Gasteiger partial charge in [0.15, 0.2) is 0 Å². The Bertz CT molecular complexity index is 576. The van der Waals surface area contributed by atoms with E-state index in [4.69, 9.17) is 4.42 Å². The molecule has 2 N–H and O–H groups in total. The SMILES string of the molecule is CCC(C(=O)NCC(C)(O)Cc1ccco1)c1ccccc1. The number of aliphatic hydroxyl groups is 1. The van der Waals surface area contributed by atoms with E-state index in [-0.39, 0.29) is 18.4 Å². The van der Waals surface area contributed by atoms with Crippen molar-refractivity contribution in [1.29, 1.82) is 0 Å². The summed E-state index contributed by atoms with van der Waals surface area (Å²) in [5, 5.41) is 13.2. The molecule has 1 aromatic heterocycles. The van der Waals surface area contributed by atoms with Gasteiger partial charge in [0.2, 0.25) is 5.91 Å². The van der Waals surface area contributed by atoms with Crippen LogP contribution in [0.25, 0.3) is 0 Å². The first kappa shape index (κ1) is 16.3. The number of amides is 1. The van der Waals surface area contributed by atoms with Crippen molar-refractivity contribution in [1.82, 2.24) is 5.32 Å². The van der Waals surface area contributed by atoms with Crippen LogP contribution in [0.3, 0.4) is 0 Å². The minimum Gasteiger partial charge on any atom is -0.469 e. The van der Waals surface area contributed by atoms with Gasteiger partial charge in [0.1, 0.15) is 5.76 Å². The van der Waals surface area contributed by atoms with Crippen molar-refractivity contribution in [2.45, 2.75) is 38.2 Å². The molecule has 22 heavy (non-hydrogen) atoms. The van der Waals surface area contributed by atoms with Crippen LogP contribution in [-0.2, 0) is 11.2 Å². The minimum absolute atomic E-state index is 0.0616. The molecule has 0 aliphatic heterocycles. The van der Waals surface area contributed by atoms with Gasteiger partial charge in [-0.1, -0.05) is 37.3 Å². The van der Waals surface area contributed by atoms with E-state index >= 15 is 0 Å². The van der Waals surface area contributed by atoms with Gasteiger partial charge in [-0.3, -0.25) is 4.79 Å². The molecule has 0 spiro atoms. The Balaban J connectivity index is 1.93. The predicted molar refractivity (Wildman–Crippen MR) is 85.5 cm³/mol. The zero-order valence-electron chi connectivity index (χ0n) is 13.1. The summed E-state index contributed by atoms with van der Waals surface area (Å²) in [7, 11) is 0. The van der Waals surface area contributed by atoms with Gasteiger partial charge in [0, 0.05) is 13.0 Å². The zero-order valence-corrected chi connectivity index (χ0v) is 13.1. The Morgan fingerprint density at radius 2 is 2.00 bits per heavy atom. The monoisotopic (exact) mass is 301 g/mol. The molecule has 118 valence electrons. The average molecular weight is 301 g/mol. The van der Waals surface area contributed by atoms with Gasteiger partial charge in [-0.15, -0.1) is 0 Å². The Kier molecular flexibility index (Phi) is 5.39. The van der Waals surface area contributed by atoms with Gasteiger partial charge < -0.3 is 14.8 Å². The van der Waals surface area contributed by atoms with Gasteiger partial charge in [0.05, 0.1) is 17.8 Å². The lowest BCUT2D eigenvalue weighted by Gasteiger charge is -2.24. The van der Waals surface area contributed by atoms with Crippen molar-refractivity contribution in [3.8, 4) is 0 Å². The number of hydrogen-bond acceptors (Lipinski definition) is 3. The van der Waals surface area contributed by atoms with Gasteiger partial charge in [-0.25, -0.2) is 0 Å². The first-order chi connectivity index (χ1) is 10.5. The molecule has 4 heteroatoms. The maximum absolute atomic E-state index is 12.4. The lowest BCUT2D eigenvalue weighted by Crippen LogP contribution is -2.43. The number of hydrogen-bond donors (Lipinski definition) is 2. The summed E-state index contributed by atoms with van der Waals surface area (Å²) in [6, 6.07) is 13.3. The highest BCUT2D eigenvalue weighted by molar-refractivity contribution is 5.83. The van der Waals surface area contributed by atoms with Crippen molar-refractivity contribution in [2.75, 3.05) is 6.54 Å². The van der Waals surface area contributed by atoms with Crippen LogP contribution in [-0.4, -0.2) is 23.2 Å². The van der Waals surface area contributed by atoms with Crippen molar-refractivity contribution in [3.05, 3.63) is 60.1 Å². The number of carbonyl (C=O) groups excluding carboxylic acids is 1. The minimum atomic E-state index is -1.04. The first-order valence-corrected chi connectivity index (χ1v) is 7.59. The second-order valence-electron chi connectivity index (χ2n) is 5.84. The van der Waals surface area contributed by atoms with E-state index in [2.05, 4.69) is 5.32 Å². The van der Waals surface area contributed by atoms with E-state index in [1.165, 1.54) is 0 Å². The third-order valence-corrected chi connectivity index (χ3v) is 3.71.